The molecule has 3 unspecified atom stereocenters. The van der Waals surface area contributed by atoms with Crippen LogP contribution in [-0.4, -0.2) is 47.8 Å². The van der Waals surface area contributed by atoms with Gasteiger partial charge in [-0.15, -0.1) is 0 Å². The molecule has 1 amide bonds. The van der Waals surface area contributed by atoms with Crippen molar-refractivity contribution in [2.24, 2.45) is 5.73 Å². The molecular formula is C50H91N2O6P. The van der Waals surface area contributed by atoms with Gasteiger partial charge in [-0.1, -0.05) is 209 Å². The first-order valence-electron chi connectivity index (χ1n) is 24.1. The second-order valence-electron chi connectivity index (χ2n) is 15.9. The third-order valence-corrected chi connectivity index (χ3v) is 11.3. The predicted octanol–water partition coefficient (Wildman–Crippen LogP) is 14.0. The summed E-state index contributed by atoms with van der Waals surface area (Å²) in [5.74, 6) is -0.226. The summed E-state index contributed by atoms with van der Waals surface area (Å²) in [5, 5.41) is 13.7. The summed E-state index contributed by atoms with van der Waals surface area (Å²) in [4.78, 5) is 22.8. The normalized spacial score (nSPS) is 14.6. The fourth-order valence-corrected chi connectivity index (χ4v) is 7.45. The van der Waals surface area contributed by atoms with Gasteiger partial charge in [0.25, 0.3) is 0 Å². The third-order valence-electron chi connectivity index (χ3n) is 10.3. The monoisotopic (exact) mass is 847 g/mol. The number of nitrogens with one attached hydrogen (secondary N) is 1. The van der Waals surface area contributed by atoms with Gasteiger partial charge in [0.1, 0.15) is 0 Å². The maximum atomic E-state index is 12.8. The van der Waals surface area contributed by atoms with Crippen molar-refractivity contribution in [1.82, 2.24) is 5.32 Å². The zero-order chi connectivity index (χ0) is 43.2. The van der Waals surface area contributed by atoms with E-state index in [4.69, 9.17) is 14.8 Å². The van der Waals surface area contributed by atoms with Crippen molar-refractivity contribution in [3.05, 3.63) is 72.9 Å². The van der Waals surface area contributed by atoms with Crippen molar-refractivity contribution in [2.45, 2.75) is 219 Å². The van der Waals surface area contributed by atoms with Crippen LogP contribution in [0.4, 0.5) is 0 Å². The summed E-state index contributed by atoms with van der Waals surface area (Å²) < 4.78 is 22.2. The molecule has 0 aromatic heterocycles. The molecule has 0 aromatic rings. The van der Waals surface area contributed by atoms with Crippen LogP contribution in [0.1, 0.15) is 206 Å². The third kappa shape index (κ3) is 43.8. The van der Waals surface area contributed by atoms with Gasteiger partial charge in [-0.25, -0.2) is 4.57 Å². The highest BCUT2D eigenvalue weighted by molar-refractivity contribution is 7.47. The minimum absolute atomic E-state index is 0.0694. The number of aliphatic hydroxyl groups is 1. The Morgan fingerprint density at radius 1 is 0.576 bits per heavy atom. The molecule has 0 heterocycles. The first-order valence-corrected chi connectivity index (χ1v) is 25.6. The number of hydrogen-bond donors (Lipinski definition) is 4. The Morgan fingerprint density at radius 2 is 0.983 bits per heavy atom. The van der Waals surface area contributed by atoms with Crippen molar-refractivity contribution >= 4 is 13.7 Å². The lowest BCUT2D eigenvalue weighted by molar-refractivity contribution is -0.123. The van der Waals surface area contributed by atoms with E-state index in [0.29, 0.717) is 12.8 Å². The topological polar surface area (TPSA) is 131 Å². The second kappa shape index (κ2) is 45.5. The number of hydrogen-bond acceptors (Lipinski definition) is 6. The van der Waals surface area contributed by atoms with Gasteiger partial charge in [-0.2, -0.15) is 0 Å². The Kier molecular flexibility index (Phi) is 43.9. The molecule has 0 fully saturated rings. The molecule has 342 valence electrons. The molecule has 0 spiro atoms. The van der Waals surface area contributed by atoms with Crippen LogP contribution in [0, 0.1) is 0 Å². The maximum absolute atomic E-state index is 12.8. The summed E-state index contributed by atoms with van der Waals surface area (Å²) in [5.41, 5.74) is 5.38. The van der Waals surface area contributed by atoms with Crippen molar-refractivity contribution < 1.29 is 28.4 Å². The molecule has 59 heavy (non-hydrogen) atoms. The Balaban J connectivity index is 4.22. The Morgan fingerprint density at radius 3 is 1.44 bits per heavy atom. The summed E-state index contributed by atoms with van der Waals surface area (Å²) >= 11 is 0. The maximum Gasteiger partial charge on any atom is 0.472 e. The molecule has 8 nitrogen and oxygen atoms in total. The average Bonchev–Trinajstić information content (AvgIpc) is 3.22. The van der Waals surface area contributed by atoms with Gasteiger partial charge >= 0.3 is 7.82 Å². The van der Waals surface area contributed by atoms with Crippen LogP contribution >= 0.6 is 7.82 Å². The Labute approximate surface area is 363 Å². The number of carbonyl (C=O) groups is 1. The fourth-order valence-electron chi connectivity index (χ4n) is 6.69. The van der Waals surface area contributed by atoms with Crippen molar-refractivity contribution in [1.29, 1.82) is 0 Å². The molecule has 0 saturated carbocycles. The van der Waals surface area contributed by atoms with E-state index < -0.39 is 20.0 Å². The molecule has 9 heteroatoms. The van der Waals surface area contributed by atoms with Crippen molar-refractivity contribution in [3.8, 4) is 0 Å². The Bertz CT molecular complexity index is 1150. The van der Waals surface area contributed by atoms with Crippen LogP contribution < -0.4 is 11.1 Å². The lowest BCUT2D eigenvalue weighted by atomic mass is 10.0. The molecule has 0 aliphatic rings. The summed E-state index contributed by atoms with van der Waals surface area (Å²) in [6, 6.07) is -0.882. The summed E-state index contributed by atoms with van der Waals surface area (Å²) in [7, 11) is -4.36. The van der Waals surface area contributed by atoms with Crippen molar-refractivity contribution in [3.63, 3.8) is 0 Å². The minimum Gasteiger partial charge on any atom is -0.387 e. The first kappa shape index (κ1) is 56.9. The number of allylic oxidation sites excluding steroid dienone is 11. The van der Waals surface area contributed by atoms with Crippen LogP contribution in [0.15, 0.2) is 72.9 Å². The molecule has 3 atom stereocenters. The molecule has 0 aliphatic heterocycles. The van der Waals surface area contributed by atoms with E-state index in [1.807, 2.05) is 6.08 Å². The number of rotatable bonds is 44. The van der Waals surface area contributed by atoms with E-state index in [-0.39, 0.29) is 25.7 Å². The van der Waals surface area contributed by atoms with E-state index >= 15 is 0 Å². The molecule has 0 aliphatic carbocycles. The quantitative estimate of drug-likeness (QED) is 0.0273. The van der Waals surface area contributed by atoms with Gasteiger partial charge in [-0.05, 0) is 64.2 Å². The van der Waals surface area contributed by atoms with Gasteiger partial charge in [0.2, 0.25) is 5.91 Å². The molecule has 0 aromatic carbocycles. The number of amides is 1. The van der Waals surface area contributed by atoms with E-state index in [0.717, 1.165) is 70.6 Å². The fraction of sp³-hybridized carbons (Fsp3) is 0.740. The molecule has 0 saturated heterocycles. The lowest BCUT2D eigenvalue weighted by Crippen LogP contribution is -2.45. The van der Waals surface area contributed by atoms with Crippen LogP contribution in [0.5, 0.6) is 0 Å². The van der Waals surface area contributed by atoms with Gasteiger partial charge in [0, 0.05) is 13.0 Å². The Hall–Kier alpha value is -2.06. The predicted molar refractivity (Wildman–Crippen MR) is 253 cm³/mol. The minimum atomic E-state index is -4.36. The number of carbonyl (C=O) groups excluding carboxylic acids is 1. The standard InChI is InChI=1S/C50H91N2O6P/c1-3-5-7-9-11-13-15-17-19-21-23-24-26-27-29-31-33-35-37-39-41-43-49(53)48(47-58-59(55,56)57-46-45-51)52-50(54)44-42-40-38-36-34-32-30-28-25-22-20-18-16-14-12-10-8-6-4-2/h6,8,12,14,18,20,25,28,32,34,41,43,48-49,53H,3-5,7,9-11,13,15-17,19,21-24,26-27,29-31,33,35-40,42,44-47,51H2,1-2H3,(H,52,54)(H,55,56)/b8-6-,14-12-,20-18-,28-25-,34-32-,43-41+. The number of aliphatic hydroxyl groups excluding tert-OH is 1. The highest BCUT2D eigenvalue weighted by Crippen LogP contribution is 2.43. The number of nitrogens with two attached hydrogens (primary N) is 1. The average molecular weight is 847 g/mol. The zero-order valence-electron chi connectivity index (χ0n) is 38.0. The largest absolute Gasteiger partial charge is 0.472 e. The van der Waals surface area contributed by atoms with E-state index in [1.54, 1.807) is 6.08 Å². The highest BCUT2D eigenvalue weighted by Gasteiger charge is 2.26. The number of phosphoric ester groups is 1. The van der Waals surface area contributed by atoms with Crippen molar-refractivity contribution in [2.75, 3.05) is 19.8 Å². The zero-order valence-corrected chi connectivity index (χ0v) is 38.9. The van der Waals surface area contributed by atoms with Crippen LogP contribution in [0.25, 0.3) is 0 Å². The van der Waals surface area contributed by atoms with Gasteiger partial charge in [-0.3, -0.25) is 13.8 Å². The van der Waals surface area contributed by atoms with Gasteiger partial charge < -0.3 is 21.1 Å². The molecular weight excluding hydrogens is 756 g/mol. The SMILES string of the molecule is CC/C=C\C/C=C\C/C=C\C/C=C\C/C=C\CCCCCC(=O)NC(COP(=O)(O)OCCN)C(O)/C=C/CCCCCCCCCCCCCCCCCCCCC. The number of unbranched alkanes of at least 4 members (excludes halogenated alkanes) is 22. The summed E-state index contributed by atoms with van der Waals surface area (Å²) in [6.07, 6.45) is 59.6. The number of phosphoric acid groups is 1. The van der Waals surface area contributed by atoms with Gasteiger partial charge in [0.15, 0.2) is 0 Å². The van der Waals surface area contributed by atoms with E-state index in [1.165, 1.54) is 109 Å². The highest BCUT2D eigenvalue weighted by atomic mass is 31.2. The van der Waals surface area contributed by atoms with Crippen LogP contribution in [0.2, 0.25) is 0 Å². The first-order chi connectivity index (χ1) is 28.9. The lowest BCUT2D eigenvalue weighted by Gasteiger charge is -2.23. The molecule has 5 N–H and O–H groups in total. The van der Waals surface area contributed by atoms with E-state index in [2.05, 4.69) is 79.9 Å². The second-order valence-corrected chi connectivity index (χ2v) is 17.4. The van der Waals surface area contributed by atoms with Crippen LogP contribution in [-0.2, 0) is 18.4 Å². The molecule has 0 bridgehead atoms. The van der Waals surface area contributed by atoms with Gasteiger partial charge in [0.05, 0.1) is 25.4 Å². The molecule has 0 rings (SSSR count). The molecule has 0 radical (unpaired) electrons. The van der Waals surface area contributed by atoms with E-state index in [9.17, 15) is 19.4 Å². The van der Waals surface area contributed by atoms with Crippen LogP contribution in [0.3, 0.4) is 0 Å². The summed E-state index contributed by atoms with van der Waals surface area (Å²) in [6.45, 7) is 4.00. The smallest absolute Gasteiger partial charge is 0.387 e.